The molecule has 1 amide bonds. The molecule has 1 saturated heterocycles. The normalized spacial score (nSPS) is 22.3. The van der Waals surface area contributed by atoms with Gasteiger partial charge >= 0.3 is 0 Å². The molecule has 2 aliphatic heterocycles. The second-order valence-corrected chi connectivity index (χ2v) is 5.41. The molecule has 102 valence electrons. The lowest BCUT2D eigenvalue weighted by molar-refractivity contribution is -0.120. The van der Waals surface area contributed by atoms with E-state index in [0.717, 1.165) is 49.4 Å². The predicted octanol–water partition coefficient (Wildman–Crippen LogP) is 2.03. The van der Waals surface area contributed by atoms with Gasteiger partial charge in [-0.1, -0.05) is 6.92 Å². The molecule has 0 saturated carbocycles. The van der Waals surface area contributed by atoms with E-state index in [9.17, 15) is 4.79 Å². The number of hydrogen-bond acceptors (Lipinski definition) is 4. The number of hydrogen-bond donors (Lipinski definition) is 0. The van der Waals surface area contributed by atoms with Crippen molar-refractivity contribution in [3.05, 3.63) is 11.0 Å². The third-order valence-electron chi connectivity index (χ3n) is 3.97. The van der Waals surface area contributed by atoms with E-state index in [1.807, 2.05) is 14.0 Å². The third kappa shape index (κ3) is 1.87. The zero-order chi connectivity index (χ0) is 13.6. The minimum atomic E-state index is -0.0816. The topological polar surface area (TPSA) is 49.3 Å². The first-order valence-electron chi connectivity index (χ1n) is 6.74. The first-order valence-corrected chi connectivity index (χ1v) is 7.12. The van der Waals surface area contributed by atoms with Gasteiger partial charge < -0.3 is 9.80 Å². The lowest BCUT2D eigenvalue weighted by atomic mass is 9.97. The molecule has 3 rings (SSSR count). The number of rotatable bonds is 1. The first kappa shape index (κ1) is 12.7. The number of amides is 1. The number of likely N-dealkylation sites (N-methyl/N-ethyl adjacent to an activating group) is 1. The molecule has 0 radical (unpaired) electrons. The average molecular weight is 281 g/mol. The Hall–Kier alpha value is -1.36. The van der Waals surface area contributed by atoms with Gasteiger partial charge in [0, 0.05) is 13.6 Å². The molecule has 1 fully saturated rings. The van der Waals surface area contributed by atoms with Crippen LogP contribution in [-0.4, -0.2) is 35.5 Å². The maximum atomic E-state index is 12.5. The molecule has 0 spiro atoms. The van der Waals surface area contributed by atoms with E-state index in [0.29, 0.717) is 0 Å². The van der Waals surface area contributed by atoms with Crippen LogP contribution in [0.15, 0.2) is 0 Å². The van der Waals surface area contributed by atoms with E-state index in [-0.39, 0.29) is 17.2 Å². The minimum Gasteiger partial charge on any atom is -0.343 e. The number of fused-ring (bicyclic) bond motifs is 3. The molecule has 0 aliphatic carbocycles. The van der Waals surface area contributed by atoms with Crippen LogP contribution in [-0.2, 0) is 11.2 Å². The molecule has 1 unspecified atom stereocenters. The van der Waals surface area contributed by atoms with Gasteiger partial charge in [-0.05, 0) is 37.3 Å². The molecule has 0 bridgehead atoms. The molecule has 0 N–H and O–H groups in total. The molecule has 1 aromatic rings. The monoisotopic (exact) mass is 280 g/mol. The molecule has 19 heavy (non-hydrogen) atoms. The van der Waals surface area contributed by atoms with Crippen molar-refractivity contribution in [3.8, 4) is 0 Å². The Bertz CT molecular complexity index is 534. The van der Waals surface area contributed by atoms with Gasteiger partial charge in [0.2, 0.25) is 11.2 Å². The summed E-state index contributed by atoms with van der Waals surface area (Å²) >= 11 is 6.02. The number of aromatic nitrogens is 2. The Morgan fingerprint density at radius 2 is 2.16 bits per heavy atom. The van der Waals surface area contributed by atoms with E-state index < -0.39 is 0 Å². The Balaban J connectivity index is 2.19. The molecule has 0 aromatic carbocycles. The van der Waals surface area contributed by atoms with Gasteiger partial charge in [0.25, 0.3) is 0 Å². The van der Waals surface area contributed by atoms with Crippen molar-refractivity contribution in [2.75, 3.05) is 23.4 Å². The van der Waals surface area contributed by atoms with Crippen molar-refractivity contribution in [3.63, 3.8) is 0 Å². The van der Waals surface area contributed by atoms with Gasteiger partial charge in [0.15, 0.2) is 5.82 Å². The largest absolute Gasteiger partial charge is 0.343 e. The van der Waals surface area contributed by atoms with Crippen LogP contribution < -0.4 is 9.80 Å². The van der Waals surface area contributed by atoms with Crippen LogP contribution in [0.5, 0.6) is 0 Å². The quantitative estimate of drug-likeness (QED) is 0.739. The minimum absolute atomic E-state index is 0.0816. The van der Waals surface area contributed by atoms with E-state index >= 15 is 0 Å². The fourth-order valence-electron chi connectivity index (χ4n) is 3.02. The highest BCUT2D eigenvalue weighted by atomic mass is 35.5. The fraction of sp³-hybridized carbons (Fsp3) is 0.615. The van der Waals surface area contributed by atoms with E-state index in [1.165, 1.54) is 0 Å². The predicted molar refractivity (Wildman–Crippen MR) is 74.8 cm³/mol. The lowest BCUT2D eigenvalue weighted by Gasteiger charge is -2.43. The summed E-state index contributed by atoms with van der Waals surface area (Å²) in [5, 5.41) is 0.266. The van der Waals surface area contributed by atoms with Crippen LogP contribution in [0.1, 0.15) is 31.9 Å². The van der Waals surface area contributed by atoms with Crippen LogP contribution in [0.3, 0.4) is 0 Å². The average Bonchev–Trinajstić information content (AvgIpc) is 2.43. The zero-order valence-corrected chi connectivity index (χ0v) is 11.9. The summed E-state index contributed by atoms with van der Waals surface area (Å²) in [6.45, 7) is 2.88. The number of carbonyl (C=O) groups is 1. The van der Waals surface area contributed by atoms with Crippen molar-refractivity contribution in [2.24, 2.45) is 0 Å². The standard InChI is InChI=1S/C13H17ClN4O/c1-3-8-10-11(16-13(14)15-8)18-7-5-4-6-9(18)12(19)17(10)2/h9H,3-7H2,1-2H3. The molecule has 5 nitrogen and oxygen atoms in total. The highest BCUT2D eigenvalue weighted by Crippen LogP contribution is 2.39. The molecule has 1 atom stereocenters. The maximum absolute atomic E-state index is 12.5. The van der Waals surface area contributed by atoms with Crippen LogP contribution in [0.2, 0.25) is 5.28 Å². The van der Waals surface area contributed by atoms with Crippen molar-refractivity contribution in [1.29, 1.82) is 0 Å². The molecule has 3 heterocycles. The van der Waals surface area contributed by atoms with E-state index in [1.54, 1.807) is 4.90 Å². The Morgan fingerprint density at radius 3 is 2.89 bits per heavy atom. The summed E-state index contributed by atoms with van der Waals surface area (Å²) in [6.07, 6.45) is 3.82. The van der Waals surface area contributed by atoms with E-state index in [4.69, 9.17) is 11.6 Å². The Labute approximate surface area is 117 Å². The van der Waals surface area contributed by atoms with Crippen molar-refractivity contribution in [2.45, 2.75) is 38.6 Å². The van der Waals surface area contributed by atoms with Gasteiger partial charge in [-0.25, -0.2) is 4.98 Å². The SMILES string of the molecule is CCc1nc(Cl)nc2c1N(C)C(=O)C1CCCCN21. The second kappa shape index (κ2) is 4.63. The number of piperidine rings is 1. The smallest absolute Gasteiger partial charge is 0.249 e. The number of carbonyl (C=O) groups excluding carboxylic acids is 1. The number of nitrogens with zero attached hydrogens (tertiary/aromatic N) is 4. The summed E-state index contributed by atoms with van der Waals surface area (Å²) in [4.78, 5) is 24.9. The van der Waals surface area contributed by atoms with Crippen LogP contribution in [0.4, 0.5) is 11.5 Å². The van der Waals surface area contributed by atoms with Gasteiger partial charge in [-0.3, -0.25) is 4.79 Å². The number of halogens is 1. The first-order chi connectivity index (χ1) is 9.13. The van der Waals surface area contributed by atoms with Crippen molar-refractivity contribution in [1.82, 2.24) is 9.97 Å². The zero-order valence-electron chi connectivity index (χ0n) is 11.2. The van der Waals surface area contributed by atoms with Crippen LogP contribution in [0.25, 0.3) is 0 Å². The number of aryl methyl sites for hydroxylation is 1. The van der Waals surface area contributed by atoms with Crippen LogP contribution in [0, 0.1) is 0 Å². The van der Waals surface area contributed by atoms with Gasteiger partial charge in [0.1, 0.15) is 11.7 Å². The van der Waals surface area contributed by atoms with Crippen molar-refractivity contribution >= 4 is 29.0 Å². The molecular weight excluding hydrogens is 264 g/mol. The molecule has 2 aliphatic rings. The lowest BCUT2D eigenvalue weighted by Crippen LogP contribution is -2.55. The van der Waals surface area contributed by atoms with E-state index in [2.05, 4.69) is 14.9 Å². The maximum Gasteiger partial charge on any atom is 0.249 e. The molecular formula is C13H17ClN4O. The number of anilines is 2. The highest BCUT2D eigenvalue weighted by Gasteiger charge is 2.40. The van der Waals surface area contributed by atoms with Gasteiger partial charge in [0.05, 0.1) is 5.69 Å². The second-order valence-electron chi connectivity index (χ2n) is 5.07. The molecule has 1 aromatic heterocycles. The Morgan fingerprint density at radius 1 is 1.37 bits per heavy atom. The fourth-order valence-corrected chi connectivity index (χ4v) is 3.21. The summed E-state index contributed by atoms with van der Waals surface area (Å²) in [5.74, 6) is 0.969. The summed E-state index contributed by atoms with van der Waals surface area (Å²) < 4.78 is 0. The summed E-state index contributed by atoms with van der Waals surface area (Å²) in [5.41, 5.74) is 1.67. The highest BCUT2D eigenvalue weighted by molar-refractivity contribution is 6.28. The van der Waals surface area contributed by atoms with Crippen LogP contribution >= 0.6 is 11.6 Å². The third-order valence-corrected chi connectivity index (χ3v) is 4.14. The van der Waals surface area contributed by atoms with Gasteiger partial charge in [-0.15, -0.1) is 0 Å². The summed E-state index contributed by atoms with van der Waals surface area (Å²) in [6, 6.07) is -0.0816. The van der Waals surface area contributed by atoms with Gasteiger partial charge in [-0.2, -0.15) is 4.98 Å². The summed E-state index contributed by atoms with van der Waals surface area (Å²) in [7, 11) is 1.81. The Kier molecular flexibility index (Phi) is 3.09. The van der Waals surface area contributed by atoms with Crippen molar-refractivity contribution < 1.29 is 4.79 Å². The molecule has 6 heteroatoms.